The zero-order valence-electron chi connectivity index (χ0n) is 26.3. The molecule has 0 radical (unpaired) electrons. The molecule has 0 aliphatic heterocycles. The Morgan fingerprint density at radius 1 is 0.447 bits per heavy atom. The molecular weight excluding hydrogens is 472 g/mol. The second-order valence-electron chi connectivity index (χ2n) is 12.7. The van der Waals surface area contributed by atoms with Gasteiger partial charge in [0.05, 0.1) is 13.2 Å². The molecule has 0 aliphatic rings. The maximum atomic E-state index is 12.0. The lowest BCUT2D eigenvalue weighted by Crippen LogP contribution is -2.10. The maximum absolute atomic E-state index is 12.0. The normalized spacial score (nSPS) is 12.3. The first-order valence-electron chi connectivity index (χ1n) is 16.6. The molecule has 0 saturated carbocycles. The van der Waals surface area contributed by atoms with E-state index in [1.54, 1.807) is 0 Å². The molecular formula is C34H66O4. The fraction of sp³-hybridized carbons (Fsp3) is 0.941. The zero-order chi connectivity index (χ0) is 28.3. The molecule has 4 heteroatoms. The van der Waals surface area contributed by atoms with Crippen LogP contribution in [0.3, 0.4) is 0 Å². The molecule has 4 nitrogen and oxygen atoms in total. The Morgan fingerprint density at radius 2 is 0.816 bits per heavy atom. The first-order chi connectivity index (χ1) is 18.3. The number of carbonyl (C=O) groups is 2. The van der Waals surface area contributed by atoms with Crippen molar-refractivity contribution in [1.82, 2.24) is 0 Å². The van der Waals surface area contributed by atoms with Crippen molar-refractivity contribution in [2.24, 2.45) is 17.8 Å². The van der Waals surface area contributed by atoms with Gasteiger partial charge in [-0.1, -0.05) is 144 Å². The summed E-state index contributed by atoms with van der Waals surface area (Å²) in [5, 5.41) is 0. The Morgan fingerprint density at radius 3 is 1.29 bits per heavy atom. The molecule has 38 heavy (non-hydrogen) atoms. The van der Waals surface area contributed by atoms with E-state index >= 15 is 0 Å². The van der Waals surface area contributed by atoms with Crippen LogP contribution in [-0.2, 0) is 19.1 Å². The Hall–Kier alpha value is -1.06. The minimum atomic E-state index is -0.0100. The third kappa shape index (κ3) is 29.5. The van der Waals surface area contributed by atoms with Crippen LogP contribution in [-0.4, -0.2) is 25.2 Å². The van der Waals surface area contributed by atoms with Crippen LogP contribution in [0.5, 0.6) is 0 Å². The predicted molar refractivity (Wildman–Crippen MR) is 162 cm³/mol. The molecule has 0 aromatic heterocycles. The molecule has 226 valence electrons. The number of hydrogen-bond acceptors (Lipinski definition) is 4. The molecule has 0 saturated heterocycles. The molecule has 1 unspecified atom stereocenters. The first-order valence-corrected chi connectivity index (χ1v) is 16.6. The second-order valence-corrected chi connectivity index (χ2v) is 12.7. The molecule has 0 aromatic carbocycles. The highest BCUT2D eigenvalue weighted by Crippen LogP contribution is 2.17. The summed E-state index contributed by atoms with van der Waals surface area (Å²) in [7, 11) is 0. The maximum Gasteiger partial charge on any atom is 0.306 e. The fourth-order valence-corrected chi connectivity index (χ4v) is 4.91. The van der Waals surface area contributed by atoms with Gasteiger partial charge in [0.1, 0.15) is 0 Å². The van der Waals surface area contributed by atoms with E-state index in [-0.39, 0.29) is 11.9 Å². The van der Waals surface area contributed by atoms with Gasteiger partial charge < -0.3 is 9.47 Å². The molecule has 0 heterocycles. The average Bonchev–Trinajstić information content (AvgIpc) is 2.85. The van der Waals surface area contributed by atoms with Gasteiger partial charge in [-0.25, -0.2) is 0 Å². The average molecular weight is 539 g/mol. The minimum Gasteiger partial charge on any atom is -0.466 e. The van der Waals surface area contributed by atoms with Crippen molar-refractivity contribution in [3.63, 3.8) is 0 Å². The largest absolute Gasteiger partial charge is 0.466 e. The Labute approximate surface area is 237 Å². The van der Waals surface area contributed by atoms with Crippen molar-refractivity contribution in [3.8, 4) is 0 Å². The van der Waals surface area contributed by atoms with Crippen molar-refractivity contribution in [1.29, 1.82) is 0 Å². The summed E-state index contributed by atoms with van der Waals surface area (Å²) in [4.78, 5) is 23.8. The van der Waals surface area contributed by atoms with Gasteiger partial charge >= 0.3 is 11.9 Å². The smallest absolute Gasteiger partial charge is 0.306 e. The Balaban J connectivity index is 3.33. The molecule has 0 aliphatic carbocycles. The summed E-state index contributed by atoms with van der Waals surface area (Å²) in [5.74, 6) is 1.95. The summed E-state index contributed by atoms with van der Waals surface area (Å²) in [6.07, 6.45) is 25.4. The zero-order valence-corrected chi connectivity index (χ0v) is 26.3. The number of unbranched alkanes of at least 4 members (excludes halogenated alkanes) is 14. The van der Waals surface area contributed by atoms with E-state index in [0.29, 0.717) is 32.0 Å². The predicted octanol–water partition coefficient (Wildman–Crippen LogP) is 10.6. The minimum absolute atomic E-state index is 0.00825. The fourth-order valence-electron chi connectivity index (χ4n) is 4.91. The van der Waals surface area contributed by atoms with Crippen molar-refractivity contribution >= 4 is 11.9 Å². The van der Waals surface area contributed by atoms with Gasteiger partial charge in [0.15, 0.2) is 0 Å². The molecule has 0 spiro atoms. The Bertz CT molecular complexity index is 529. The summed E-state index contributed by atoms with van der Waals surface area (Å²) in [5.41, 5.74) is 0. The summed E-state index contributed by atoms with van der Waals surface area (Å²) < 4.78 is 10.8. The van der Waals surface area contributed by atoms with E-state index in [2.05, 4.69) is 34.6 Å². The van der Waals surface area contributed by atoms with Crippen LogP contribution in [0.4, 0.5) is 0 Å². The van der Waals surface area contributed by atoms with E-state index in [1.807, 2.05) is 0 Å². The molecule has 1 atom stereocenters. The van der Waals surface area contributed by atoms with E-state index in [0.717, 1.165) is 50.4 Å². The first kappa shape index (κ1) is 36.9. The van der Waals surface area contributed by atoms with Crippen molar-refractivity contribution in [2.75, 3.05) is 13.2 Å². The van der Waals surface area contributed by atoms with E-state index < -0.39 is 0 Å². The lowest BCUT2D eigenvalue weighted by Gasteiger charge is -2.11. The molecule has 0 bridgehead atoms. The number of esters is 2. The van der Waals surface area contributed by atoms with Gasteiger partial charge in [0, 0.05) is 12.8 Å². The number of carbonyl (C=O) groups excluding carboxylic acids is 2. The molecule has 0 fully saturated rings. The van der Waals surface area contributed by atoms with Gasteiger partial charge in [-0.3, -0.25) is 9.59 Å². The van der Waals surface area contributed by atoms with Crippen LogP contribution in [0, 0.1) is 17.8 Å². The van der Waals surface area contributed by atoms with Crippen LogP contribution >= 0.6 is 0 Å². The van der Waals surface area contributed by atoms with E-state index in [4.69, 9.17) is 9.47 Å². The highest BCUT2D eigenvalue weighted by Gasteiger charge is 2.10. The van der Waals surface area contributed by atoms with Gasteiger partial charge in [-0.2, -0.15) is 0 Å². The van der Waals surface area contributed by atoms with Crippen LogP contribution < -0.4 is 0 Å². The van der Waals surface area contributed by atoms with Gasteiger partial charge in [-0.05, 0) is 37.0 Å². The van der Waals surface area contributed by atoms with Gasteiger partial charge in [0.25, 0.3) is 0 Å². The molecule has 0 N–H and O–H groups in total. The summed E-state index contributed by atoms with van der Waals surface area (Å²) in [6, 6.07) is 0. The highest BCUT2D eigenvalue weighted by atomic mass is 16.5. The van der Waals surface area contributed by atoms with Crippen LogP contribution in [0.15, 0.2) is 0 Å². The topological polar surface area (TPSA) is 52.6 Å². The lowest BCUT2D eigenvalue weighted by atomic mass is 9.99. The van der Waals surface area contributed by atoms with E-state index in [9.17, 15) is 9.59 Å². The summed E-state index contributed by atoms with van der Waals surface area (Å²) in [6.45, 7) is 12.4. The molecule has 0 aromatic rings. The second kappa shape index (κ2) is 27.5. The van der Waals surface area contributed by atoms with Crippen molar-refractivity contribution in [3.05, 3.63) is 0 Å². The van der Waals surface area contributed by atoms with Crippen LogP contribution in [0.1, 0.15) is 176 Å². The number of hydrogen-bond donors (Lipinski definition) is 0. The van der Waals surface area contributed by atoms with Crippen molar-refractivity contribution in [2.45, 2.75) is 176 Å². The van der Waals surface area contributed by atoms with Crippen LogP contribution in [0.25, 0.3) is 0 Å². The molecule has 0 rings (SSSR count). The van der Waals surface area contributed by atoms with Gasteiger partial charge in [-0.15, -0.1) is 0 Å². The third-order valence-electron chi connectivity index (χ3n) is 7.47. The quantitative estimate of drug-likeness (QED) is 0.0734. The SMILES string of the molecule is CC(C)CCCCCOC(=O)CCCCCCCCCCCCCC(C)CC(=O)OCCCCCC(C)C. The monoisotopic (exact) mass is 538 g/mol. The summed E-state index contributed by atoms with van der Waals surface area (Å²) >= 11 is 0. The van der Waals surface area contributed by atoms with Gasteiger partial charge in [0.2, 0.25) is 0 Å². The van der Waals surface area contributed by atoms with Crippen LogP contribution in [0.2, 0.25) is 0 Å². The van der Waals surface area contributed by atoms with E-state index in [1.165, 1.54) is 89.9 Å². The Kier molecular flexibility index (Phi) is 26.7. The van der Waals surface area contributed by atoms with Crippen molar-refractivity contribution < 1.29 is 19.1 Å². The number of rotatable bonds is 28. The third-order valence-corrected chi connectivity index (χ3v) is 7.47. The lowest BCUT2D eigenvalue weighted by molar-refractivity contribution is -0.145. The highest BCUT2D eigenvalue weighted by molar-refractivity contribution is 5.69. The number of ether oxygens (including phenoxy) is 2. The standard InChI is InChI=1S/C34H66O4/c1-30(2)23-17-15-21-27-37-33(35)26-20-14-12-10-8-6-7-9-11-13-19-25-32(5)29-34(36)38-28-22-16-18-24-31(3)4/h30-32H,6-29H2,1-5H3. The molecule has 0 amide bonds.